The zero-order valence-electron chi connectivity index (χ0n) is 9.00. The van der Waals surface area contributed by atoms with Gasteiger partial charge in [0.15, 0.2) is 14.5 Å². The lowest BCUT2D eigenvalue weighted by Crippen LogP contribution is -1.88. The number of thioether (sulfide) groups is 2. The van der Waals surface area contributed by atoms with Gasteiger partial charge in [-0.3, -0.25) is 0 Å². The monoisotopic (exact) mass is 274 g/mol. The van der Waals surface area contributed by atoms with Crippen LogP contribution < -0.4 is 0 Å². The summed E-state index contributed by atoms with van der Waals surface area (Å²) in [6, 6.07) is 0. The van der Waals surface area contributed by atoms with Crippen LogP contribution in [0.25, 0.3) is 0 Å². The van der Waals surface area contributed by atoms with Crippen LogP contribution in [0, 0.1) is 6.92 Å². The van der Waals surface area contributed by atoms with Gasteiger partial charge in [0.1, 0.15) is 0 Å². The number of rotatable bonds is 4. The summed E-state index contributed by atoms with van der Waals surface area (Å²) in [6.45, 7) is 3.82. The predicted octanol–water partition coefficient (Wildman–Crippen LogP) is 2.80. The standard InChI is InChI=1S/C8H10N4OS3/c1-4(6-9-5(2)12-13-6)15-8-11-10-7(14-3)16-8/h4H,1-3H3. The largest absolute Gasteiger partial charge is 0.338 e. The van der Waals surface area contributed by atoms with E-state index in [1.54, 1.807) is 41.8 Å². The van der Waals surface area contributed by atoms with E-state index in [2.05, 4.69) is 20.3 Å². The van der Waals surface area contributed by atoms with E-state index in [1.165, 1.54) is 0 Å². The van der Waals surface area contributed by atoms with Gasteiger partial charge in [-0.25, -0.2) is 0 Å². The van der Waals surface area contributed by atoms with Gasteiger partial charge in [-0.05, 0) is 20.1 Å². The smallest absolute Gasteiger partial charge is 0.239 e. The van der Waals surface area contributed by atoms with Gasteiger partial charge in [0, 0.05) is 0 Å². The van der Waals surface area contributed by atoms with Gasteiger partial charge < -0.3 is 4.52 Å². The van der Waals surface area contributed by atoms with Crippen molar-refractivity contribution in [1.82, 2.24) is 20.3 Å². The highest BCUT2D eigenvalue weighted by Crippen LogP contribution is 2.36. The van der Waals surface area contributed by atoms with Gasteiger partial charge in [0.05, 0.1) is 5.25 Å². The molecule has 86 valence electrons. The molecule has 2 aromatic rings. The molecule has 0 fully saturated rings. The molecule has 5 nitrogen and oxygen atoms in total. The summed E-state index contributed by atoms with van der Waals surface area (Å²) in [7, 11) is 0. The van der Waals surface area contributed by atoms with Crippen molar-refractivity contribution in [2.45, 2.75) is 27.8 Å². The third kappa shape index (κ3) is 2.74. The van der Waals surface area contributed by atoms with Gasteiger partial charge in [0.25, 0.3) is 0 Å². The molecule has 2 heterocycles. The van der Waals surface area contributed by atoms with E-state index >= 15 is 0 Å². The first-order valence-corrected chi connectivity index (χ1v) is 7.45. The van der Waals surface area contributed by atoms with Crippen LogP contribution in [0.5, 0.6) is 0 Å². The first-order valence-electron chi connectivity index (χ1n) is 4.53. The Morgan fingerprint density at radius 2 is 2.06 bits per heavy atom. The fraction of sp³-hybridized carbons (Fsp3) is 0.500. The van der Waals surface area contributed by atoms with Crippen LogP contribution in [0.4, 0.5) is 0 Å². The number of aromatic nitrogens is 4. The Hall–Kier alpha value is -0.600. The number of hydrogen-bond acceptors (Lipinski definition) is 8. The second-order valence-electron chi connectivity index (χ2n) is 2.98. The third-order valence-electron chi connectivity index (χ3n) is 1.73. The van der Waals surface area contributed by atoms with Crippen molar-refractivity contribution >= 4 is 34.9 Å². The lowest BCUT2D eigenvalue weighted by molar-refractivity contribution is 0.376. The molecule has 0 saturated heterocycles. The first-order chi connectivity index (χ1) is 7.69. The second-order valence-corrected chi connectivity index (χ2v) is 6.60. The Balaban J connectivity index is 2.04. The zero-order valence-corrected chi connectivity index (χ0v) is 11.4. The molecule has 0 bridgehead atoms. The van der Waals surface area contributed by atoms with Gasteiger partial charge in [0.2, 0.25) is 5.89 Å². The summed E-state index contributed by atoms with van der Waals surface area (Å²) in [5.74, 6) is 1.29. The van der Waals surface area contributed by atoms with Gasteiger partial charge >= 0.3 is 0 Å². The Morgan fingerprint density at radius 3 is 2.62 bits per heavy atom. The molecule has 0 aromatic carbocycles. The van der Waals surface area contributed by atoms with Crippen LogP contribution in [-0.4, -0.2) is 26.6 Å². The third-order valence-corrected chi connectivity index (χ3v) is 4.80. The normalized spacial score (nSPS) is 12.9. The van der Waals surface area contributed by atoms with Gasteiger partial charge in [-0.15, -0.1) is 10.2 Å². The molecule has 2 rings (SSSR count). The Labute approximate surface area is 105 Å². The van der Waals surface area contributed by atoms with Crippen molar-refractivity contribution in [1.29, 1.82) is 0 Å². The summed E-state index contributed by atoms with van der Waals surface area (Å²) >= 11 is 4.75. The minimum atomic E-state index is 0.101. The quantitative estimate of drug-likeness (QED) is 0.794. The highest BCUT2D eigenvalue weighted by atomic mass is 32.2. The summed E-state index contributed by atoms with van der Waals surface area (Å²) in [5.41, 5.74) is 0. The molecule has 0 spiro atoms. The van der Waals surface area contributed by atoms with E-state index in [4.69, 9.17) is 4.52 Å². The van der Waals surface area contributed by atoms with Crippen molar-refractivity contribution in [2.24, 2.45) is 0 Å². The van der Waals surface area contributed by atoms with E-state index in [-0.39, 0.29) is 5.25 Å². The van der Waals surface area contributed by atoms with E-state index in [0.29, 0.717) is 11.7 Å². The lowest BCUT2D eigenvalue weighted by atomic mass is 10.5. The maximum atomic E-state index is 5.10. The molecule has 8 heteroatoms. The molecule has 0 N–H and O–H groups in total. The number of aryl methyl sites for hydroxylation is 1. The molecule has 0 aliphatic rings. The highest BCUT2D eigenvalue weighted by molar-refractivity contribution is 8.03. The molecule has 0 radical (unpaired) electrons. The Bertz CT molecular complexity index is 469. The Kier molecular flexibility index (Phi) is 3.82. The van der Waals surface area contributed by atoms with E-state index in [9.17, 15) is 0 Å². The number of hydrogen-bond donors (Lipinski definition) is 0. The van der Waals surface area contributed by atoms with Crippen molar-refractivity contribution in [3.8, 4) is 0 Å². The van der Waals surface area contributed by atoms with Crippen LogP contribution in [0.2, 0.25) is 0 Å². The molecule has 16 heavy (non-hydrogen) atoms. The average Bonchev–Trinajstić information content (AvgIpc) is 2.87. The molecule has 0 amide bonds. The van der Waals surface area contributed by atoms with Crippen LogP contribution in [0.3, 0.4) is 0 Å². The van der Waals surface area contributed by atoms with E-state index in [0.717, 1.165) is 8.68 Å². The molecule has 1 unspecified atom stereocenters. The molecular formula is C8H10N4OS3. The highest BCUT2D eigenvalue weighted by Gasteiger charge is 2.16. The predicted molar refractivity (Wildman–Crippen MR) is 65.0 cm³/mol. The summed E-state index contributed by atoms with van der Waals surface area (Å²) in [5, 5.41) is 12.0. The van der Waals surface area contributed by atoms with Crippen LogP contribution in [-0.2, 0) is 0 Å². The summed E-state index contributed by atoms with van der Waals surface area (Å²) < 4.78 is 6.99. The summed E-state index contributed by atoms with van der Waals surface area (Å²) in [6.07, 6.45) is 1.99. The van der Waals surface area contributed by atoms with Gasteiger partial charge in [-0.1, -0.05) is 40.0 Å². The van der Waals surface area contributed by atoms with Gasteiger partial charge in [-0.2, -0.15) is 4.98 Å². The second kappa shape index (κ2) is 5.15. The molecule has 2 aromatic heterocycles. The molecule has 0 aliphatic heterocycles. The van der Waals surface area contributed by atoms with E-state index < -0.39 is 0 Å². The Morgan fingerprint density at radius 1 is 1.31 bits per heavy atom. The minimum Gasteiger partial charge on any atom is -0.338 e. The van der Waals surface area contributed by atoms with Crippen LogP contribution in [0.1, 0.15) is 23.9 Å². The first kappa shape index (κ1) is 11.9. The minimum absolute atomic E-state index is 0.101. The topological polar surface area (TPSA) is 64.7 Å². The zero-order chi connectivity index (χ0) is 11.5. The maximum Gasteiger partial charge on any atom is 0.239 e. The molecule has 0 aliphatic carbocycles. The van der Waals surface area contributed by atoms with E-state index in [1.807, 2.05) is 13.2 Å². The molecular weight excluding hydrogens is 264 g/mol. The van der Waals surface area contributed by atoms with Crippen molar-refractivity contribution in [3.05, 3.63) is 11.7 Å². The average molecular weight is 274 g/mol. The number of nitrogens with zero attached hydrogens (tertiary/aromatic N) is 4. The summed E-state index contributed by atoms with van der Waals surface area (Å²) in [4.78, 5) is 4.19. The lowest BCUT2D eigenvalue weighted by Gasteiger charge is -2.00. The fourth-order valence-electron chi connectivity index (χ4n) is 1.01. The fourth-order valence-corrected chi connectivity index (χ4v) is 3.62. The van der Waals surface area contributed by atoms with Crippen molar-refractivity contribution in [3.63, 3.8) is 0 Å². The molecule has 0 saturated carbocycles. The van der Waals surface area contributed by atoms with Crippen molar-refractivity contribution in [2.75, 3.05) is 6.26 Å². The van der Waals surface area contributed by atoms with Crippen LogP contribution in [0.15, 0.2) is 13.2 Å². The van der Waals surface area contributed by atoms with Crippen LogP contribution >= 0.6 is 34.9 Å². The SMILES string of the molecule is CSc1nnc(SC(C)c2nc(C)no2)s1. The van der Waals surface area contributed by atoms with Crippen molar-refractivity contribution < 1.29 is 4.52 Å². The maximum absolute atomic E-state index is 5.10. The molecule has 1 atom stereocenters.